The van der Waals surface area contributed by atoms with E-state index < -0.39 is 5.97 Å². The van der Waals surface area contributed by atoms with Crippen LogP contribution in [0.5, 0.6) is 17.2 Å². The van der Waals surface area contributed by atoms with E-state index in [1.807, 2.05) is 35.5 Å². The molecule has 12 heteroatoms. The van der Waals surface area contributed by atoms with Crippen molar-refractivity contribution in [1.82, 2.24) is 4.98 Å². The first-order valence-electron chi connectivity index (χ1n) is 22.7. The molecule has 0 N–H and O–H groups in total. The number of aromatic nitrogens is 1. The summed E-state index contributed by atoms with van der Waals surface area (Å²) in [5.74, 6) is 1.12. The van der Waals surface area contributed by atoms with Crippen LogP contribution in [-0.2, 0) is 23.9 Å². The SMILES string of the molecule is C=CC(=O)OCCOCCOc1ccc(OC(=O)C2CCC(C(=O)Oc3ccc(C4CCC(CCC)CC4)cc3/C=N/N(CCCCCC)c3nc4ccccc4s3)CC2)cc1. The summed E-state index contributed by atoms with van der Waals surface area (Å²) in [4.78, 5) is 43.0. The normalized spacial score (nSPS) is 18.9. The number of unbranched alkanes of at least 4 members (excludes halogenated alkanes) is 3. The van der Waals surface area contributed by atoms with Crippen molar-refractivity contribution in [2.24, 2.45) is 22.9 Å². The van der Waals surface area contributed by atoms with Crippen LogP contribution in [0.25, 0.3) is 10.2 Å². The number of ether oxygens (including phenoxy) is 5. The van der Waals surface area contributed by atoms with Gasteiger partial charge in [0.15, 0.2) is 0 Å². The van der Waals surface area contributed by atoms with Gasteiger partial charge in [0.05, 0.1) is 41.5 Å². The first-order valence-corrected chi connectivity index (χ1v) is 23.5. The molecule has 2 aliphatic rings. The highest BCUT2D eigenvalue weighted by molar-refractivity contribution is 7.22. The van der Waals surface area contributed by atoms with Crippen LogP contribution in [0.3, 0.4) is 0 Å². The number of fused-ring (bicyclic) bond motifs is 1. The van der Waals surface area contributed by atoms with E-state index in [1.54, 1.807) is 35.6 Å². The Labute approximate surface area is 370 Å². The molecule has 0 amide bonds. The Morgan fingerprint density at radius 1 is 0.790 bits per heavy atom. The molecule has 0 atom stereocenters. The average molecular weight is 866 g/mol. The molecule has 2 fully saturated rings. The van der Waals surface area contributed by atoms with Gasteiger partial charge in [-0.25, -0.2) is 14.8 Å². The Hall–Kier alpha value is -5.07. The zero-order valence-corrected chi connectivity index (χ0v) is 37.3. The molecular formula is C50H63N3O8S. The molecule has 0 aliphatic heterocycles. The summed E-state index contributed by atoms with van der Waals surface area (Å²) >= 11 is 1.64. The summed E-state index contributed by atoms with van der Waals surface area (Å²) in [6, 6.07) is 21.3. The molecule has 332 valence electrons. The Morgan fingerprint density at radius 3 is 2.21 bits per heavy atom. The van der Waals surface area contributed by atoms with Gasteiger partial charge in [0, 0.05) is 18.2 Å². The lowest BCUT2D eigenvalue weighted by molar-refractivity contribution is -0.145. The second-order valence-corrected chi connectivity index (χ2v) is 17.4. The molecule has 1 heterocycles. The van der Waals surface area contributed by atoms with Gasteiger partial charge in [-0.1, -0.05) is 82.1 Å². The number of carbonyl (C=O) groups excluding carboxylic acids is 3. The molecule has 6 rings (SSSR count). The Bertz CT molecular complexity index is 2030. The Balaban J connectivity index is 1.05. The minimum Gasteiger partial charge on any atom is -0.491 e. The second kappa shape index (κ2) is 24.5. The third kappa shape index (κ3) is 14.0. The van der Waals surface area contributed by atoms with Crippen LogP contribution in [0.2, 0.25) is 0 Å². The predicted molar refractivity (Wildman–Crippen MR) is 245 cm³/mol. The number of para-hydroxylation sites is 1. The first kappa shape index (κ1) is 46.4. The Kier molecular flexibility index (Phi) is 18.4. The molecule has 3 aromatic carbocycles. The van der Waals surface area contributed by atoms with Crippen molar-refractivity contribution in [2.75, 3.05) is 38.0 Å². The third-order valence-corrected chi connectivity index (χ3v) is 12.9. The second-order valence-electron chi connectivity index (χ2n) is 16.4. The number of carbonyl (C=O) groups is 3. The van der Waals surface area contributed by atoms with E-state index in [-0.39, 0.29) is 37.0 Å². The molecule has 1 aromatic heterocycles. The fraction of sp³-hybridized carbons (Fsp3) is 0.500. The average Bonchev–Trinajstić information content (AvgIpc) is 3.74. The number of thiazole rings is 1. The van der Waals surface area contributed by atoms with E-state index in [1.165, 1.54) is 37.7 Å². The van der Waals surface area contributed by atoms with Crippen molar-refractivity contribution in [2.45, 2.75) is 110 Å². The van der Waals surface area contributed by atoms with Gasteiger partial charge in [0.25, 0.3) is 0 Å². The van der Waals surface area contributed by atoms with Crippen molar-refractivity contribution in [3.63, 3.8) is 0 Å². The standard InChI is InChI=1S/C50H63N3O8S/c1-4-7-8-11-29-53(50-52-44-13-9-10-14-46(44)62-50)51-35-41-34-40(37-17-15-36(12-5-2)16-18-37)23-28-45(41)61-49(56)39-21-19-38(20-22-39)48(55)60-43-26-24-42(25-27-43)58-32-30-57-31-33-59-47(54)6-3/h6,9-10,13-14,23-28,34-39H,3-5,7-8,11-12,15-22,29-33H2,1-2H3/b51-35+. The van der Waals surface area contributed by atoms with Gasteiger partial charge in [0.2, 0.25) is 5.13 Å². The maximum Gasteiger partial charge on any atom is 0.330 e. The highest BCUT2D eigenvalue weighted by Gasteiger charge is 2.33. The smallest absolute Gasteiger partial charge is 0.330 e. The zero-order chi connectivity index (χ0) is 43.5. The van der Waals surface area contributed by atoms with Crippen molar-refractivity contribution in [1.29, 1.82) is 0 Å². The van der Waals surface area contributed by atoms with Gasteiger partial charge in [-0.15, -0.1) is 0 Å². The largest absolute Gasteiger partial charge is 0.491 e. The summed E-state index contributed by atoms with van der Waals surface area (Å²) in [7, 11) is 0. The molecule has 0 saturated heterocycles. The molecule has 11 nitrogen and oxygen atoms in total. The van der Waals surface area contributed by atoms with E-state index in [9.17, 15) is 14.4 Å². The zero-order valence-electron chi connectivity index (χ0n) is 36.5. The fourth-order valence-corrected chi connectivity index (χ4v) is 9.29. The number of nitrogens with zero attached hydrogens (tertiary/aromatic N) is 3. The number of esters is 3. The van der Waals surface area contributed by atoms with E-state index in [4.69, 9.17) is 33.8 Å². The monoisotopic (exact) mass is 865 g/mol. The van der Waals surface area contributed by atoms with Crippen LogP contribution >= 0.6 is 11.3 Å². The van der Waals surface area contributed by atoms with Crippen LogP contribution in [0.4, 0.5) is 5.13 Å². The molecule has 2 aliphatic carbocycles. The topological polar surface area (TPSA) is 126 Å². The molecule has 0 unspecified atom stereocenters. The molecular weight excluding hydrogens is 803 g/mol. The van der Waals surface area contributed by atoms with Crippen molar-refractivity contribution >= 4 is 50.8 Å². The lowest BCUT2D eigenvalue weighted by Gasteiger charge is -2.29. The highest BCUT2D eigenvalue weighted by Crippen LogP contribution is 2.39. The van der Waals surface area contributed by atoms with E-state index in [0.29, 0.717) is 62.1 Å². The minimum absolute atomic E-state index is 0.146. The number of hydrogen-bond donors (Lipinski definition) is 0. The van der Waals surface area contributed by atoms with Crippen LogP contribution < -0.4 is 19.2 Å². The number of anilines is 1. The third-order valence-electron chi connectivity index (χ3n) is 11.9. The van der Waals surface area contributed by atoms with Crippen LogP contribution in [0.1, 0.15) is 121 Å². The van der Waals surface area contributed by atoms with Crippen LogP contribution in [0.15, 0.2) is 84.5 Å². The summed E-state index contributed by atoms with van der Waals surface area (Å²) < 4.78 is 29.0. The van der Waals surface area contributed by atoms with Crippen molar-refractivity contribution in [3.8, 4) is 17.2 Å². The maximum atomic E-state index is 13.8. The highest BCUT2D eigenvalue weighted by atomic mass is 32.1. The first-order chi connectivity index (χ1) is 30.3. The van der Waals surface area contributed by atoms with Crippen molar-refractivity contribution in [3.05, 3.63) is 90.5 Å². The number of hydrazone groups is 1. The lowest BCUT2D eigenvalue weighted by atomic mass is 9.77. The Morgan fingerprint density at radius 2 is 1.50 bits per heavy atom. The molecule has 0 bridgehead atoms. The van der Waals surface area contributed by atoms with E-state index in [2.05, 4.69) is 38.6 Å². The fourth-order valence-electron chi connectivity index (χ4n) is 8.34. The molecule has 2 saturated carbocycles. The summed E-state index contributed by atoms with van der Waals surface area (Å²) in [6.07, 6.45) is 16.9. The molecule has 0 radical (unpaired) electrons. The number of benzene rings is 3. The van der Waals surface area contributed by atoms with Gasteiger partial charge in [-0.05, 0) is 124 Å². The lowest BCUT2D eigenvalue weighted by Crippen LogP contribution is -2.30. The summed E-state index contributed by atoms with van der Waals surface area (Å²) in [5, 5.41) is 7.90. The van der Waals surface area contributed by atoms with Gasteiger partial charge in [0.1, 0.15) is 30.5 Å². The van der Waals surface area contributed by atoms with E-state index >= 15 is 0 Å². The summed E-state index contributed by atoms with van der Waals surface area (Å²) in [6.45, 7) is 9.62. The molecule has 4 aromatic rings. The predicted octanol–water partition coefficient (Wildman–Crippen LogP) is 11.2. The van der Waals surface area contributed by atoms with E-state index in [0.717, 1.165) is 71.6 Å². The maximum absolute atomic E-state index is 13.8. The molecule has 0 spiro atoms. The van der Waals surface area contributed by atoms with Gasteiger partial charge >= 0.3 is 17.9 Å². The van der Waals surface area contributed by atoms with Gasteiger partial charge in [-0.2, -0.15) is 5.10 Å². The number of hydrogen-bond acceptors (Lipinski definition) is 12. The van der Waals surface area contributed by atoms with Gasteiger partial charge < -0.3 is 23.7 Å². The number of rotatable bonds is 23. The van der Waals surface area contributed by atoms with Crippen LogP contribution in [-0.4, -0.2) is 62.1 Å². The van der Waals surface area contributed by atoms with Crippen molar-refractivity contribution < 1.29 is 38.1 Å². The molecule has 62 heavy (non-hydrogen) atoms. The van der Waals surface area contributed by atoms with Crippen LogP contribution in [0, 0.1) is 17.8 Å². The van der Waals surface area contributed by atoms with Gasteiger partial charge in [-0.3, -0.25) is 9.59 Å². The minimum atomic E-state index is -0.488. The summed E-state index contributed by atoms with van der Waals surface area (Å²) in [5.41, 5.74) is 3.02. The quantitative estimate of drug-likeness (QED) is 0.0178.